The lowest BCUT2D eigenvalue weighted by atomic mass is 9.96. The van der Waals surface area contributed by atoms with Crippen LogP contribution in [0.4, 0.5) is 4.79 Å². The molecule has 3 heterocycles. The minimum atomic E-state index is -0.932. The van der Waals surface area contributed by atoms with Crippen LogP contribution in [0.3, 0.4) is 0 Å². The smallest absolute Gasteiger partial charge is 0.410 e. The molecule has 0 saturated carbocycles. The summed E-state index contributed by atoms with van der Waals surface area (Å²) in [6.07, 6.45) is 2.82. The summed E-state index contributed by atoms with van der Waals surface area (Å²) in [6.45, 7) is 5.85. The zero-order valence-electron chi connectivity index (χ0n) is 21.0. The van der Waals surface area contributed by atoms with Gasteiger partial charge in [-0.3, -0.25) is 9.36 Å². The molecule has 1 amide bonds. The van der Waals surface area contributed by atoms with Gasteiger partial charge in [-0.15, -0.1) is 0 Å². The summed E-state index contributed by atoms with van der Waals surface area (Å²) < 4.78 is 6.94. The number of aliphatic hydroxyl groups excluding tert-OH is 1. The topological polar surface area (TPSA) is 97.5 Å². The Bertz CT molecular complexity index is 1530. The Morgan fingerprint density at radius 1 is 1.14 bits per heavy atom. The van der Waals surface area contributed by atoms with E-state index in [-0.39, 0.29) is 12.1 Å². The number of hydrogen-bond donors (Lipinski definition) is 1. The minimum Gasteiger partial charge on any atom is -0.444 e. The molecule has 1 N–H and O–H groups in total. The molecular weight excluding hydrogens is 492 g/mol. The number of nitrogens with zero attached hydrogens (tertiary/aromatic N) is 4. The molecule has 8 nitrogen and oxygen atoms in total. The first kappa shape index (κ1) is 25.2. The highest BCUT2D eigenvalue weighted by Gasteiger charge is 2.34. The van der Waals surface area contributed by atoms with Gasteiger partial charge in [-0.05, 0) is 62.3 Å². The lowest BCUT2D eigenvalue weighted by molar-refractivity contribution is -0.0105. The molecule has 192 valence electrons. The zero-order valence-corrected chi connectivity index (χ0v) is 21.8. The van der Waals surface area contributed by atoms with Gasteiger partial charge in [0, 0.05) is 18.1 Å². The lowest BCUT2D eigenvalue weighted by Crippen LogP contribution is -2.50. The second-order valence-electron chi connectivity index (χ2n) is 10.5. The Balaban J connectivity index is 1.51. The molecular formula is C28H29ClN4O4. The number of piperidine rings is 1. The average molecular weight is 521 g/mol. The molecule has 0 aliphatic carbocycles. The summed E-state index contributed by atoms with van der Waals surface area (Å²) in [7, 11) is 0. The number of benzene rings is 2. The third kappa shape index (κ3) is 5.17. The van der Waals surface area contributed by atoms with E-state index in [9.17, 15) is 14.7 Å². The Labute approximate surface area is 219 Å². The van der Waals surface area contributed by atoms with Crippen molar-refractivity contribution in [1.82, 2.24) is 19.4 Å². The molecule has 9 heteroatoms. The third-order valence-corrected chi connectivity index (χ3v) is 6.84. The van der Waals surface area contributed by atoms with E-state index in [1.165, 1.54) is 15.8 Å². The van der Waals surface area contributed by atoms with Gasteiger partial charge in [-0.25, -0.2) is 14.8 Å². The van der Waals surface area contributed by atoms with Crippen molar-refractivity contribution in [2.75, 3.05) is 13.1 Å². The van der Waals surface area contributed by atoms with E-state index in [2.05, 4.69) is 9.97 Å². The number of aliphatic hydroxyl groups is 1. The Hall–Kier alpha value is -3.49. The number of fused-ring (bicyclic) bond motifs is 3. The molecule has 1 saturated heterocycles. The molecule has 4 aromatic rings. The number of ether oxygens (including phenoxy) is 1. The predicted molar refractivity (Wildman–Crippen MR) is 143 cm³/mol. The van der Waals surface area contributed by atoms with Crippen LogP contribution in [-0.4, -0.2) is 55.4 Å². The molecule has 2 unspecified atom stereocenters. The van der Waals surface area contributed by atoms with Crippen LogP contribution in [-0.2, 0) is 11.2 Å². The van der Waals surface area contributed by atoms with Gasteiger partial charge in [0.2, 0.25) is 0 Å². The number of aromatic nitrogens is 3. The average Bonchev–Trinajstić information content (AvgIpc) is 2.85. The third-order valence-electron chi connectivity index (χ3n) is 6.62. The number of pyridine rings is 1. The molecule has 2 atom stereocenters. The molecule has 1 aliphatic rings. The quantitative estimate of drug-likeness (QED) is 0.310. The van der Waals surface area contributed by atoms with Crippen LogP contribution in [0, 0.1) is 0 Å². The second-order valence-corrected chi connectivity index (χ2v) is 10.8. The van der Waals surface area contributed by atoms with Crippen LogP contribution >= 0.6 is 11.6 Å². The number of likely N-dealkylation sites (tertiary alicyclic amines) is 1. The molecule has 2 aromatic heterocycles. The van der Waals surface area contributed by atoms with Gasteiger partial charge in [0.25, 0.3) is 5.56 Å². The summed E-state index contributed by atoms with van der Waals surface area (Å²) >= 11 is 5.95. The molecule has 0 radical (unpaired) electrons. The van der Waals surface area contributed by atoms with E-state index in [1.54, 1.807) is 33.0 Å². The van der Waals surface area contributed by atoms with Crippen molar-refractivity contribution in [3.63, 3.8) is 0 Å². The number of β-amino-alcohol motifs (C(OH)–C–C–N with tert-alkyl or cyclic N) is 1. The molecule has 5 rings (SSSR count). The first-order valence-electron chi connectivity index (χ1n) is 12.3. The molecule has 1 fully saturated rings. The molecule has 1 aliphatic heterocycles. The van der Waals surface area contributed by atoms with Gasteiger partial charge in [0.05, 0.1) is 35.9 Å². The number of amides is 1. The number of rotatable bonds is 3. The Morgan fingerprint density at radius 2 is 1.89 bits per heavy atom. The number of carbonyl (C=O) groups excluding carboxylic acids is 1. The summed E-state index contributed by atoms with van der Waals surface area (Å²) in [5.74, 6) is 0. The Kier molecular flexibility index (Phi) is 6.64. The second kappa shape index (κ2) is 9.76. The van der Waals surface area contributed by atoms with Crippen LogP contribution in [0.5, 0.6) is 0 Å². The normalized spacial score (nSPS) is 18.4. The number of carbonyl (C=O) groups is 1. The summed E-state index contributed by atoms with van der Waals surface area (Å²) in [6, 6.07) is 12.9. The van der Waals surface area contributed by atoms with E-state index in [0.29, 0.717) is 35.4 Å². The standard InChI is InChI=1S/C28H29ClN4O4/c1-28(2,3)37-27(36)32-11-10-22(23(34)15-32)33-16-31-25-20-7-5-4-6-19(20)18(13-21(25)26(33)35)12-17-8-9-24(29)30-14-17/h4-9,13-14,16,22-23,34H,10-12,15H2,1-3H3. The van der Waals surface area contributed by atoms with E-state index < -0.39 is 23.8 Å². The number of halogens is 1. The fourth-order valence-electron chi connectivity index (χ4n) is 4.90. The van der Waals surface area contributed by atoms with Crippen molar-refractivity contribution in [1.29, 1.82) is 0 Å². The van der Waals surface area contributed by atoms with E-state index >= 15 is 0 Å². The van der Waals surface area contributed by atoms with Crippen LogP contribution in [0.2, 0.25) is 5.15 Å². The van der Waals surface area contributed by atoms with Gasteiger partial charge in [-0.2, -0.15) is 0 Å². The highest BCUT2D eigenvalue weighted by atomic mass is 35.5. The summed E-state index contributed by atoms with van der Waals surface area (Å²) in [4.78, 5) is 36.5. The maximum atomic E-state index is 13.7. The summed E-state index contributed by atoms with van der Waals surface area (Å²) in [5, 5.41) is 13.7. The van der Waals surface area contributed by atoms with Crippen LogP contribution in [0.1, 0.15) is 44.4 Å². The molecule has 0 spiro atoms. The first-order chi connectivity index (χ1) is 17.6. The van der Waals surface area contributed by atoms with Crippen LogP contribution in [0.15, 0.2) is 59.8 Å². The fraction of sp³-hybridized carbons (Fsp3) is 0.357. The van der Waals surface area contributed by atoms with Crippen molar-refractivity contribution in [3.8, 4) is 0 Å². The largest absolute Gasteiger partial charge is 0.444 e. The van der Waals surface area contributed by atoms with Crippen molar-refractivity contribution >= 4 is 39.4 Å². The zero-order chi connectivity index (χ0) is 26.3. The summed E-state index contributed by atoms with van der Waals surface area (Å²) in [5.41, 5.74) is 1.73. The maximum Gasteiger partial charge on any atom is 0.410 e. The van der Waals surface area contributed by atoms with E-state index in [4.69, 9.17) is 16.3 Å². The van der Waals surface area contributed by atoms with Crippen molar-refractivity contribution in [2.24, 2.45) is 0 Å². The van der Waals surface area contributed by atoms with Gasteiger partial charge in [0.1, 0.15) is 10.8 Å². The SMILES string of the molecule is CC(C)(C)OC(=O)N1CCC(n2cnc3c(cc(Cc4ccc(Cl)nc4)c4ccccc43)c2=O)C(O)C1. The van der Waals surface area contributed by atoms with E-state index in [0.717, 1.165) is 21.9 Å². The van der Waals surface area contributed by atoms with Gasteiger partial charge in [-0.1, -0.05) is 41.9 Å². The van der Waals surface area contributed by atoms with Crippen molar-refractivity contribution in [3.05, 3.63) is 81.6 Å². The molecule has 0 bridgehead atoms. The predicted octanol–water partition coefficient (Wildman–Crippen LogP) is 4.73. The number of hydrogen-bond acceptors (Lipinski definition) is 6. The highest BCUT2D eigenvalue weighted by Crippen LogP contribution is 2.29. The van der Waals surface area contributed by atoms with Crippen LogP contribution in [0.25, 0.3) is 21.7 Å². The molecule has 37 heavy (non-hydrogen) atoms. The first-order valence-corrected chi connectivity index (χ1v) is 12.7. The maximum absolute atomic E-state index is 13.7. The van der Waals surface area contributed by atoms with Crippen LogP contribution < -0.4 is 5.56 Å². The minimum absolute atomic E-state index is 0.0800. The highest BCUT2D eigenvalue weighted by molar-refractivity contribution is 6.29. The van der Waals surface area contributed by atoms with Crippen molar-refractivity contribution in [2.45, 2.75) is 51.4 Å². The fourth-order valence-corrected chi connectivity index (χ4v) is 5.01. The van der Waals surface area contributed by atoms with Gasteiger partial charge >= 0.3 is 6.09 Å². The van der Waals surface area contributed by atoms with Crippen molar-refractivity contribution < 1.29 is 14.6 Å². The molecule has 2 aromatic carbocycles. The van der Waals surface area contributed by atoms with Gasteiger partial charge in [0.15, 0.2) is 0 Å². The monoisotopic (exact) mass is 520 g/mol. The Morgan fingerprint density at radius 3 is 2.57 bits per heavy atom. The lowest BCUT2D eigenvalue weighted by Gasteiger charge is -2.37. The van der Waals surface area contributed by atoms with Gasteiger partial charge < -0.3 is 14.7 Å². The van der Waals surface area contributed by atoms with E-state index in [1.807, 2.05) is 36.4 Å².